The van der Waals surface area contributed by atoms with Crippen LogP contribution in [0.3, 0.4) is 0 Å². The van der Waals surface area contributed by atoms with Crippen LogP contribution in [0.1, 0.15) is 38.8 Å². The minimum atomic E-state index is -0.0556. The Morgan fingerprint density at radius 1 is 1.12 bits per heavy atom. The van der Waals surface area contributed by atoms with Gasteiger partial charge in [-0.25, -0.2) is 4.79 Å². The van der Waals surface area contributed by atoms with Crippen molar-refractivity contribution in [2.75, 3.05) is 31.9 Å². The number of nitrogens with zero attached hydrogens (tertiary/aromatic N) is 2. The summed E-state index contributed by atoms with van der Waals surface area (Å²) in [5, 5.41) is 3.07. The first-order valence-electron chi connectivity index (χ1n) is 8.55. The third-order valence-electron chi connectivity index (χ3n) is 4.26. The molecular weight excluding hydrogens is 322 g/mol. The molecule has 132 valence electrons. The molecule has 1 saturated heterocycles. The van der Waals surface area contributed by atoms with Crippen molar-refractivity contribution in [3.8, 4) is 0 Å². The van der Waals surface area contributed by atoms with E-state index in [0.29, 0.717) is 19.6 Å². The second kappa shape index (κ2) is 8.97. The van der Waals surface area contributed by atoms with Gasteiger partial charge in [-0.15, -0.1) is 11.8 Å². The van der Waals surface area contributed by atoms with Gasteiger partial charge in [0.15, 0.2) is 0 Å². The van der Waals surface area contributed by atoms with Gasteiger partial charge in [0.25, 0.3) is 0 Å². The lowest BCUT2D eigenvalue weighted by molar-refractivity contribution is -0.128. The summed E-state index contributed by atoms with van der Waals surface area (Å²) in [7, 11) is 0. The molecule has 1 aromatic carbocycles. The highest BCUT2D eigenvalue weighted by atomic mass is 32.2. The summed E-state index contributed by atoms with van der Waals surface area (Å²) >= 11 is 1.81. The summed E-state index contributed by atoms with van der Waals surface area (Å²) in [5.41, 5.74) is 1.10. The van der Waals surface area contributed by atoms with E-state index in [2.05, 4.69) is 36.5 Å². The van der Waals surface area contributed by atoms with E-state index in [9.17, 15) is 9.59 Å². The first-order chi connectivity index (χ1) is 11.5. The number of nitrogens with one attached hydrogen (secondary N) is 1. The van der Waals surface area contributed by atoms with Crippen LogP contribution in [0.25, 0.3) is 0 Å². The number of hydrogen-bond donors (Lipinski definition) is 1. The molecule has 1 heterocycles. The smallest absolute Gasteiger partial charge is 0.317 e. The van der Waals surface area contributed by atoms with Gasteiger partial charge in [-0.05, 0) is 36.8 Å². The van der Waals surface area contributed by atoms with Gasteiger partial charge in [0.1, 0.15) is 0 Å². The molecule has 1 aromatic rings. The van der Waals surface area contributed by atoms with Crippen molar-refractivity contribution in [3.63, 3.8) is 0 Å². The van der Waals surface area contributed by atoms with E-state index >= 15 is 0 Å². The molecule has 0 spiro atoms. The molecule has 6 heteroatoms. The lowest BCUT2D eigenvalue weighted by Gasteiger charge is -2.24. The van der Waals surface area contributed by atoms with Crippen LogP contribution in [-0.4, -0.2) is 53.7 Å². The second-order valence-corrected chi connectivity index (χ2v) is 7.36. The summed E-state index contributed by atoms with van der Waals surface area (Å²) < 4.78 is 0. The summed E-state index contributed by atoms with van der Waals surface area (Å²) in [4.78, 5) is 28.8. The largest absolute Gasteiger partial charge is 0.341 e. The molecule has 24 heavy (non-hydrogen) atoms. The SMILES string of the molecule is CCSc1ccc([C@H](C)NC(=O)N2CCCN(C(C)=O)CC2)cc1. The fourth-order valence-electron chi connectivity index (χ4n) is 2.81. The summed E-state index contributed by atoms with van der Waals surface area (Å²) in [6, 6.07) is 8.25. The average molecular weight is 350 g/mol. The summed E-state index contributed by atoms with van der Waals surface area (Å²) in [6.07, 6.45) is 0.824. The number of carbonyl (C=O) groups excluding carboxylic acids is 2. The Morgan fingerprint density at radius 2 is 1.75 bits per heavy atom. The summed E-state index contributed by atoms with van der Waals surface area (Å²) in [5.74, 6) is 1.13. The number of hydrogen-bond acceptors (Lipinski definition) is 3. The topological polar surface area (TPSA) is 52.7 Å². The number of thioether (sulfide) groups is 1. The zero-order chi connectivity index (χ0) is 17.5. The van der Waals surface area contributed by atoms with Crippen LogP contribution in [0.4, 0.5) is 4.79 Å². The lowest BCUT2D eigenvalue weighted by Crippen LogP contribution is -2.43. The second-order valence-electron chi connectivity index (χ2n) is 6.02. The van der Waals surface area contributed by atoms with Gasteiger partial charge in [-0.3, -0.25) is 4.79 Å². The lowest BCUT2D eigenvalue weighted by atomic mass is 10.1. The van der Waals surface area contributed by atoms with Crippen molar-refractivity contribution in [3.05, 3.63) is 29.8 Å². The normalized spacial score (nSPS) is 16.5. The maximum absolute atomic E-state index is 12.5. The first-order valence-corrected chi connectivity index (χ1v) is 9.53. The molecule has 1 aliphatic rings. The van der Waals surface area contributed by atoms with Crippen molar-refractivity contribution < 1.29 is 9.59 Å². The zero-order valence-corrected chi connectivity index (χ0v) is 15.6. The fraction of sp³-hybridized carbons (Fsp3) is 0.556. The average Bonchev–Trinajstić information content (AvgIpc) is 2.82. The van der Waals surface area contributed by atoms with Crippen LogP contribution in [0.5, 0.6) is 0 Å². The molecule has 0 aliphatic carbocycles. The van der Waals surface area contributed by atoms with Gasteiger partial charge < -0.3 is 15.1 Å². The molecule has 0 saturated carbocycles. The van der Waals surface area contributed by atoms with Crippen LogP contribution in [0.15, 0.2) is 29.2 Å². The Bertz CT molecular complexity index is 562. The number of amides is 3. The number of rotatable bonds is 4. The Labute approximate surface area is 148 Å². The minimum Gasteiger partial charge on any atom is -0.341 e. The molecule has 1 atom stereocenters. The molecular formula is C18H27N3O2S. The molecule has 1 N–H and O–H groups in total. The van der Waals surface area contributed by atoms with E-state index in [-0.39, 0.29) is 18.0 Å². The molecule has 0 unspecified atom stereocenters. The predicted molar refractivity (Wildman–Crippen MR) is 98.2 cm³/mol. The molecule has 5 nitrogen and oxygen atoms in total. The van der Waals surface area contributed by atoms with Crippen LogP contribution in [0, 0.1) is 0 Å². The van der Waals surface area contributed by atoms with Crippen molar-refractivity contribution >= 4 is 23.7 Å². The summed E-state index contributed by atoms with van der Waals surface area (Å²) in [6.45, 7) is 8.33. The first kappa shape index (κ1) is 18.6. The molecule has 3 amide bonds. The van der Waals surface area contributed by atoms with Crippen molar-refractivity contribution in [1.29, 1.82) is 0 Å². The molecule has 0 aromatic heterocycles. The van der Waals surface area contributed by atoms with Gasteiger partial charge in [0.2, 0.25) is 5.91 Å². The number of carbonyl (C=O) groups is 2. The van der Waals surface area contributed by atoms with E-state index in [1.165, 1.54) is 4.90 Å². The highest BCUT2D eigenvalue weighted by Gasteiger charge is 2.21. The standard InChI is InChI=1S/C18H27N3O2S/c1-4-24-17-8-6-16(7-9-17)14(2)19-18(23)21-11-5-10-20(12-13-21)15(3)22/h6-9,14H,4-5,10-13H2,1-3H3,(H,19,23)/t14-/m0/s1. The molecule has 2 rings (SSSR count). The van der Waals surface area contributed by atoms with Crippen LogP contribution in [0.2, 0.25) is 0 Å². The highest BCUT2D eigenvalue weighted by molar-refractivity contribution is 7.99. The Balaban J connectivity index is 1.89. The maximum atomic E-state index is 12.5. The molecule has 1 aliphatic heterocycles. The van der Waals surface area contributed by atoms with Crippen molar-refractivity contribution in [1.82, 2.24) is 15.1 Å². The van der Waals surface area contributed by atoms with E-state index in [1.54, 1.807) is 16.7 Å². The zero-order valence-electron chi connectivity index (χ0n) is 14.7. The predicted octanol–water partition coefficient (Wildman–Crippen LogP) is 3.12. The van der Waals surface area contributed by atoms with Gasteiger partial charge in [0.05, 0.1) is 6.04 Å². The Kier molecular flexibility index (Phi) is 6.97. The van der Waals surface area contributed by atoms with Gasteiger partial charge in [0, 0.05) is 38.0 Å². The van der Waals surface area contributed by atoms with Crippen LogP contribution < -0.4 is 5.32 Å². The van der Waals surface area contributed by atoms with E-state index in [4.69, 9.17) is 0 Å². The maximum Gasteiger partial charge on any atom is 0.317 e. The fourth-order valence-corrected chi connectivity index (χ4v) is 3.48. The van der Waals surface area contributed by atoms with Crippen molar-refractivity contribution in [2.24, 2.45) is 0 Å². The Morgan fingerprint density at radius 3 is 2.38 bits per heavy atom. The third kappa shape index (κ3) is 5.16. The number of benzene rings is 1. The van der Waals surface area contributed by atoms with Crippen molar-refractivity contribution in [2.45, 2.75) is 38.1 Å². The van der Waals surface area contributed by atoms with Gasteiger partial charge in [-0.1, -0.05) is 19.1 Å². The number of urea groups is 1. The van der Waals surface area contributed by atoms with E-state index in [1.807, 2.05) is 18.7 Å². The molecule has 1 fully saturated rings. The quantitative estimate of drug-likeness (QED) is 0.850. The highest BCUT2D eigenvalue weighted by Crippen LogP contribution is 2.21. The van der Waals surface area contributed by atoms with Crippen LogP contribution in [-0.2, 0) is 4.79 Å². The van der Waals surface area contributed by atoms with Gasteiger partial charge >= 0.3 is 6.03 Å². The van der Waals surface area contributed by atoms with Crippen LogP contribution >= 0.6 is 11.8 Å². The molecule has 0 bridgehead atoms. The van der Waals surface area contributed by atoms with E-state index < -0.39 is 0 Å². The monoisotopic (exact) mass is 349 g/mol. The molecule has 0 radical (unpaired) electrons. The van der Waals surface area contributed by atoms with Gasteiger partial charge in [-0.2, -0.15) is 0 Å². The minimum absolute atomic E-state index is 0.0367. The van der Waals surface area contributed by atoms with E-state index in [0.717, 1.165) is 24.3 Å². The Hall–Kier alpha value is -1.69. The third-order valence-corrected chi connectivity index (χ3v) is 5.15.